The number of nitrogens with two attached hydrogens (primary N) is 1. The van der Waals surface area contributed by atoms with Crippen molar-refractivity contribution in [3.05, 3.63) is 35.1 Å². The van der Waals surface area contributed by atoms with E-state index in [0.29, 0.717) is 29.2 Å². The molecule has 0 aliphatic carbocycles. The number of halogens is 1. The SMILES string of the molecule is Nc1nccn1-c1ccc(Br)c(S(=O)(=O)N2CCCC2)c1. The van der Waals surface area contributed by atoms with Gasteiger partial charge in [0.2, 0.25) is 16.0 Å². The van der Waals surface area contributed by atoms with Gasteiger partial charge in [0.15, 0.2) is 0 Å². The Morgan fingerprint density at radius 1 is 1.24 bits per heavy atom. The van der Waals surface area contributed by atoms with Gasteiger partial charge in [0.1, 0.15) is 0 Å². The number of hydrogen-bond acceptors (Lipinski definition) is 4. The standard InChI is InChI=1S/C13H15BrN4O2S/c14-11-4-3-10(18-8-5-16-13(18)15)9-12(11)21(19,20)17-6-1-2-7-17/h3-5,8-9H,1-2,6-7H2,(H2,15,16). The van der Waals surface area contributed by atoms with Crippen LogP contribution in [0.2, 0.25) is 0 Å². The highest BCUT2D eigenvalue weighted by Gasteiger charge is 2.29. The summed E-state index contributed by atoms with van der Waals surface area (Å²) in [4.78, 5) is 4.21. The zero-order chi connectivity index (χ0) is 15.0. The third-order valence-electron chi connectivity index (χ3n) is 3.55. The smallest absolute Gasteiger partial charge is 0.244 e. The van der Waals surface area contributed by atoms with Crippen LogP contribution < -0.4 is 5.73 Å². The number of rotatable bonds is 3. The second-order valence-electron chi connectivity index (χ2n) is 4.88. The van der Waals surface area contributed by atoms with E-state index in [2.05, 4.69) is 20.9 Å². The Kier molecular flexibility index (Phi) is 3.76. The normalized spacial score (nSPS) is 16.4. The molecule has 0 unspecified atom stereocenters. The summed E-state index contributed by atoms with van der Waals surface area (Å²) in [5.41, 5.74) is 6.44. The third-order valence-corrected chi connectivity index (χ3v) is 6.44. The van der Waals surface area contributed by atoms with Crippen LogP contribution in [0.4, 0.5) is 5.95 Å². The topological polar surface area (TPSA) is 81.2 Å². The first-order valence-corrected chi connectivity index (χ1v) is 8.82. The molecule has 6 nitrogen and oxygen atoms in total. The van der Waals surface area contributed by atoms with Gasteiger partial charge in [-0.3, -0.25) is 4.57 Å². The maximum atomic E-state index is 12.7. The summed E-state index contributed by atoms with van der Waals surface area (Å²) in [6.45, 7) is 1.15. The highest BCUT2D eigenvalue weighted by molar-refractivity contribution is 9.10. The molecule has 0 spiro atoms. The summed E-state index contributed by atoms with van der Waals surface area (Å²) in [6, 6.07) is 5.14. The zero-order valence-corrected chi connectivity index (χ0v) is 13.6. The molecule has 1 aromatic carbocycles. The molecule has 112 valence electrons. The summed E-state index contributed by atoms with van der Waals surface area (Å²) in [6.07, 6.45) is 5.09. The van der Waals surface area contributed by atoms with Crippen LogP contribution in [0.1, 0.15) is 12.8 Å². The lowest BCUT2D eigenvalue weighted by atomic mass is 10.3. The van der Waals surface area contributed by atoms with Crippen molar-refractivity contribution >= 4 is 31.9 Å². The molecule has 0 atom stereocenters. The largest absolute Gasteiger partial charge is 0.369 e. The van der Waals surface area contributed by atoms with Gasteiger partial charge in [0.25, 0.3) is 0 Å². The molecule has 1 saturated heterocycles. The Morgan fingerprint density at radius 2 is 1.95 bits per heavy atom. The summed E-state index contributed by atoms with van der Waals surface area (Å²) in [5.74, 6) is 0.321. The first kappa shape index (κ1) is 14.6. The van der Waals surface area contributed by atoms with Crippen LogP contribution in [0.5, 0.6) is 0 Å². The minimum absolute atomic E-state index is 0.259. The Labute approximate surface area is 131 Å². The van der Waals surface area contributed by atoms with Gasteiger partial charge in [0, 0.05) is 35.6 Å². The monoisotopic (exact) mass is 370 g/mol. The van der Waals surface area contributed by atoms with Crippen molar-refractivity contribution < 1.29 is 8.42 Å². The van der Waals surface area contributed by atoms with Crippen LogP contribution in [-0.2, 0) is 10.0 Å². The molecular weight excluding hydrogens is 356 g/mol. The van der Waals surface area contributed by atoms with E-state index in [-0.39, 0.29) is 4.90 Å². The van der Waals surface area contributed by atoms with Crippen molar-refractivity contribution in [2.75, 3.05) is 18.8 Å². The summed E-state index contributed by atoms with van der Waals surface area (Å²) < 4.78 is 29.1. The van der Waals surface area contributed by atoms with E-state index in [9.17, 15) is 8.42 Å². The average Bonchev–Trinajstić information content (AvgIpc) is 3.10. The lowest BCUT2D eigenvalue weighted by Crippen LogP contribution is -2.28. The molecule has 8 heteroatoms. The molecular formula is C13H15BrN4O2S. The molecule has 2 heterocycles. The van der Waals surface area contributed by atoms with Crippen LogP contribution in [-0.4, -0.2) is 35.4 Å². The molecule has 3 rings (SSSR count). The highest BCUT2D eigenvalue weighted by atomic mass is 79.9. The summed E-state index contributed by atoms with van der Waals surface area (Å²) in [5, 5.41) is 0. The number of hydrogen-bond donors (Lipinski definition) is 1. The fourth-order valence-corrected chi connectivity index (χ4v) is 4.90. The van der Waals surface area contributed by atoms with Gasteiger partial charge in [0.05, 0.1) is 4.90 Å². The van der Waals surface area contributed by atoms with Gasteiger partial charge in [-0.1, -0.05) is 0 Å². The van der Waals surface area contributed by atoms with Gasteiger partial charge < -0.3 is 5.73 Å². The number of anilines is 1. The molecule has 0 saturated carbocycles. The predicted molar refractivity (Wildman–Crippen MR) is 83.7 cm³/mol. The van der Waals surface area contributed by atoms with Crippen LogP contribution in [0.3, 0.4) is 0 Å². The summed E-state index contributed by atoms with van der Waals surface area (Å²) in [7, 11) is -3.48. The van der Waals surface area contributed by atoms with E-state index in [1.165, 1.54) is 4.31 Å². The van der Waals surface area contributed by atoms with E-state index in [0.717, 1.165) is 12.8 Å². The number of nitrogens with zero attached hydrogens (tertiary/aromatic N) is 3. The van der Waals surface area contributed by atoms with E-state index in [1.54, 1.807) is 35.2 Å². The number of aromatic nitrogens is 2. The van der Waals surface area contributed by atoms with Crippen LogP contribution in [0.15, 0.2) is 40.0 Å². The third kappa shape index (κ3) is 2.58. The molecule has 21 heavy (non-hydrogen) atoms. The number of nitrogen functional groups attached to an aromatic ring is 1. The first-order chi connectivity index (χ1) is 10.00. The van der Waals surface area contributed by atoms with E-state index in [4.69, 9.17) is 5.73 Å². The zero-order valence-electron chi connectivity index (χ0n) is 11.2. The molecule has 1 aliphatic rings. The fraction of sp³-hybridized carbons (Fsp3) is 0.308. The molecule has 0 bridgehead atoms. The lowest BCUT2D eigenvalue weighted by molar-refractivity contribution is 0.477. The number of sulfonamides is 1. The minimum atomic E-state index is -3.48. The molecule has 0 radical (unpaired) electrons. The van der Waals surface area contributed by atoms with Gasteiger partial charge in [-0.2, -0.15) is 4.31 Å². The van der Waals surface area contributed by atoms with E-state index >= 15 is 0 Å². The average molecular weight is 371 g/mol. The van der Waals surface area contributed by atoms with Crippen LogP contribution in [0, 0.1) is 0 Å². The van der Waals surface area contributed by atoms with Crippen LogP contribution >= 0.6 is 15.9 Å². The summed E-state index contributed by atoms with van der Waals surface area (Å²) >= 11 is 3.33. The van der Waals surface area contributed by atoms with Crippen LogP contribution in [0.25, 0.3) is 5.69 Å². The van der Waals surface area contributed by atoms with Crippen molar-refractivity contribution in [2.24, 2.45) is 0 Å². The lowest BCUT2D eigenvalue weighted by Gasteiger charge is -2.17. The van der Waals surface area contributed by atoms with Gasteiger partial charge in [-0.15, -0.1) is 0 Å². The molecule has 2 aromatic rings. The molecule has 1 aliphatic heterocycles. The van der Waals surface area contributed by atoms with Gasteiger partial charge in [-0.05, 0) is 47.0 Å². The maximum Gasteiger partial charge on any atom is 0.244 e. The quantitative estimate of drug-likeness (QED) is 0.895. The first-order valence-electron chi connectivity index (χ1n) is 6.59. The number of benzene rings is 1. The maximum absolute atomic E-state index is 12.7. The fourth-order valence-electron chi connectivity index (χ4n) is 2.44. The Hall–Kier alpha value is -1.38. The van der Waals surface area contributed by atoms with E-state index < -0.39 is 10.0 Å². The molecule has 2 N–H and O–H groups in total. The van der Waals surface area contributed by atoms with Crippen molar-refractivity contribution in [2.45, 2.75) is 17.7 Å². The predicted octanol–water partition coefficient (Wildman–Crippen LogP) is 2.00. The van der Waals surface area contributed by atoms with Gasteiger partial charge in [-0.25, -0.2) is 13.4 Å². The Bertz CT molecular complexity index is 766. The highest BCUT2D eigenvalue weighted by Crippen LogP contribution is 2.29. The minimum Gasteiger partial charge on any atom is -0.369 e. The molecule has 0 amide bonds. The van der Waals surface area contributed by atoms with E-state index in [1.807, 2.05) is 0 Å². The van der Waals surface area contributed by atoms with Crippen molar-refractivity contribution in [1.29, 1.82) is 0 Å². The second kappa shape index (κ2) is 5.43. The van der Waals surface area contributed by atoms with Gasteiger partial charge >= 0.3 is 0 Å². The van der Waals surface area contributed by atoms with Crippen molar-refractivity contribution in [3.8, 4) is 5.69 Å². The van der Waals surface area contributed by atoms with Crippen molar-refractivity contribution in [1.82, 2.24) is 13.9 Å². The molecule has 1 fully saturated rings. The molecule has 1 aromatic heterocycles. The Balaban J connectivity index is 2.08. The number of imidazole rings is 1. The van der Waals surface area contributed by atoms with Crippen molar-refractivity contribution in [3.63, 3.8) is 0 Å². The second-order valence-corrected chi connectivity index (χ2v) is 7.64. The Morgan fingerprint density at radius 3 is 2.57 bits per heavy atom.